The topological polar surface area (TPSA) is 60.2 Å². The molecule has 2 rings (SSSR count). The second-order valence-corrected chi connectivity index (χ2v) is 7.55. The van der Waals surface area contributed by atoms with Gasteiger partial charge in [0.25, 0.3) is 0 Å². The van der Waals surface area contributed by atoms with Crippen LogP contribution in [0.4, 0.5) is 0 Å². The zero-order valence-corrected chi connectivity index (χ0v) is 11.6. The normalized spacial score (nSPS) is 25.0. The number of aryl methyl sites for hydroxylation is 1. The van der Waals surface area contributed by atoms with Crippen molar-refractivity contribution in [1.29, 1.82) is 0 Å². The largest absolute Gasteiger partial charge is 0.328 e. The molecule has 1 aliphatic rings. The Labute approximate surface area is 109 Å². The van der Waals surface area contributed by atoms with Crippen molar-refractivity contribution in [2.45, 2.75) is 49.7 Å². The van der Waals surface area contributed by atoms with Crippen LogP contribution in [0, 0.1) is 6.92 Å². The van der Waals surface area contributed by atoms with Gasteiger partial charge in [-0.25, -0.2) is 8.42 Å². The summed E-state index contributed by atoms with van der Waals surface area (Å²) in [7, 11) is -3.04. The number of rotatable bonds is 3. The summed E-state index contributed by atoms with van der Waals surface area (Å²) in [5.41, 5.74) is 7.80. The first-order chi connectivity index (χ1) is 8.49. The molecule has 0 radical (unpaired) electrons. The fourth-order valence-corrected chi connectivity index (χ4v) is 4.54. The van der Waals surface area contributed by atoms with Gasteiger partial charge in [0.2, 0.25) is 0 Å². The van der Waals surface area contributed by atoms with Crippen LogP contribution in [-0.4, -0.2) is 19.7 Å². The Hall–Kier alpha value is -0.870. The van der Waals surface area contributed by atoms with Crippen molar-refractivity contribution >= 4 is 9.84 Å². The SMILES string of the molecule is Cc1ccccc1CS(=O)(=O)C1CCC(N)CC1. The fourth-order valence-electron chi connectivity index (χ4n) is 2.55. The highest BCUT2D eigenvalue weighted by Gasteiger charge is 2.29. The van der Waals surface area contributed by atoms with E-state index in [-0.39, 0.29) is 17.0 Å². The fraction of sp³-hybridized carbons (Fsp3) is 0.571. The van der Waals surface area contributed by atoms with E-state index in [0.717, 1.165) is 36.8 Å². The van der Waals surface area contributed by atoms with E-state index >= 15 is 0 Å². The van der Waals surface area contributed by atoms with Gasteiger partial charge < -0.3 is 5.73 Å². The van der Waals surface area contributed by atoms with Gasteiger partial charge in [-0.3, -0.25) is 0 Å². The van der Waals surface area contributed by atoms with Crippen LogP contribution < -0.4 is 5.73 Å². The van der Waals surface area contributed by atoms with E-state index in [9.17, 15) is 8.42 Å². The molecule has 2 N–H and O–H groups in total. The molecule has 0 spiro atoms. The van der Waals surface area contributed by atoms with E-state index in [0.29, 0.717) is 0 Å². The summed E-state index contributed by atoms with van der Waals surface area (Å²) < 4.78 is 24.7. The highest BCUT2D eigenvalue weighted by atomic mass is 32.2. The molecule has 3 nitrogen and oxygen atoms in total. The van der Waals surface area contributed by atoms with Gasteiger partial charge in [0.05, 0.1) is 11.0 Å². The number of hydrogen-bond donors (Lipinski definition) is 1. The van der Waals surface area contributed by atoms with Crippen molar-refractivity contribution in [3.8, 4) is 0 Å². The maximum absolute atomic E-state index is 12.4. The van der Waals surface area contributed by atoms with E-state index in [1.807, 2.05) is 31.2 Å². The maximum atomic E-state index is 12.4. The molecule has 1 aliphatic carbocycles. The molecular weight excluding hydrogens is 246 g/mol. The van der Waals surface area contributed by atoms with Crippen LogP contribution in [0.2, 0.25) is 0 Å². The Bertz CT molecular complexity index is 502. The molecule has 1 aromatic carbocycles. The van der Waals surface area contributed by atoms with Crippen molar-refractivity contribution in [2.75, 3.05) is 0 Å². The lowest BCUT2D eigenvalue weighted by molar-refractivity contribution is 0.433. The number of sulfone groups is 1. The highest BCUT2D eigenvalue weighted by Crippen LogP contribution is 2.26. The molecule has 100 valence electrons. The second kappa shape index (κ2) is 5.41. The van der Waals surface area contributed by atoms with Gasteiger partial charge in [-0.15, -0.1) is 0 Å². The Kier molecular flexibility index (Phi) is 4.07. The zero-order chi connectivity index (χ0) is 13.2. The Morgan fingerprint density at radius 3 is 2.39 bits per heavy atom. The quantitative estimate of drug-likeness (QED) is 0.913. The molecule has 0 aliphatic heterocycles. The van der Waals surface area contributed by atoms with Gasteiger partial charge in [0.15, 0.2) is 9.84 Å². The van der Waals surface area contributed by atoms with Crippen LogP contribution in [0.1, 0.15) is 36.8 Å². The average Bonchev–Trinajstić information content (AvgIpc) is 2.32. The summed E-state index contributed by atoms with van der Waals surface area (Å²) in [6, 6.07) is 7.89. The van der Waals surface area contributed by atoms with Crippen LogP contribution in [0.3, 0.4) is 0 Å². The molecule has 0 saturated heterocycles. The first-order valence-corrected chi connectivity index (χ1v) is 8.22. The van der Waals surface area contributed by atoms with Gasteiger partial charge in [0.1, 0.15) is 0 Å². The van der Waals surface area contributed by atoms with Crippen LogP contribution >= 0.6 is 0 Å². The van der Waals surface area contributed by atoms with E-state index in [1.54, 1.807) is 0 Å². The van der Waals surface area contributed by atoms with Crippen molar-refractivity contribution in [1.82, 2.24) is 0 Å². The van der Waals surface area contributed by atoms with Crippen molar-refractivity contribution in [3.63, 3.8) is 0 Å². The molecule has 4 heteroatoms. The van der Waals surface area contributed by atoms with Gasteiger partial charge >= 0.3 is 0 Å². The van der Waals surface area contributed by atoms with Crippen molar-refractivity contribution in [2.24, 2.45) is 5.73 Å². The third-order valence-electron chi connectivity index (χ3n) is 3.84. The van der Waals surface area contributed by atoms with Crippen LogP contribution in [0.5, 0.6) is 0 Å². The molecule has 0 atom stereocenters. The van der Waals surface area contributed by atoms with Crippen LogP contribution in [-0.2, 0) is 15.6 Å². The van der Waals surface area contributed by atoms with Crippen molar-refractivity contribution in [3.05, 3.63) is 35.4 Å². The third kappa shape index (κ3) is 3.12. The monoisotopic (exact) mass is 267 g/mol. The first kappa shape index (κ1) is 13.6. The molecule has 1 fully saturated rings. The molecule has 0 unspecified atom stereocenters. The molecule has 1 aromatic rings. The highest BCUT2D eigenvalue weighted by molar-refractivity contribution is 7.91. The molecule has 0 amide bonds. The minimum absolute atomic E-state index is 0.166. The summed E-state index contributed by atoms with van der Waals surface area (Å²) in [5.74, 6) is 0.166. The Morgan fingerprint density at radius 1 is 1.17 bits per heavy atom. The van der Waals surface area contributed by atoms with Crippen LogP contribution in [0.25, 0.3) is 0 Å². The average molecular weight is 267 g/mol. The van der Waals surface area contributed by atoms with Gasteiger partial charge in [-0.2, -0.15) is 0 Å². The molecule has 0 bridgehead atoms. The number of nitrogens with two attached hydrogens (primary N) is 1. The summed E-state index contributed by atoms with van der Waals surface area (Å²) in [6.07, 6.45) is 3.10. The lowest BCUT2D eigenvalue weighted by atomic mass is 9.96. The Balaban J connectivity index is 2.10. The lowest BCUT2D eigenvalue weighted by Gasteiger charge is -2.26. The van der Waals surface area contributed by atoms with E-state index < -0.39 is 9.84 Å². The lowest BCUT2D eigenvalue weighted by Crippen LogP contribution is -2.33. The second-order valence-electron chi connectivity index (χ2n) is 5.27. The molecule has 18 heavy (non-hydrogen) atoms. The third-order valence-corrected chi connectivity index (χ3v) is 6.05. The number of benzene rings is 1. The minimum Gasteiger partial charge on any atom is -0.328 e. The summed E-state index contributed by atoms with van der Waals surface area (Å²) in [4.78, 5) is 0. The van der Waals surface area contributed by atoms with E-state index in [1.165, 1.54) is 0 Å². The molecular formula is C14H21NO2S. The predicted molar refractivity (Wildman–Crippen MR) is 74.0 cm³/mol. The molecule has 1 saturated carbocycles. The van der Waals surface area contributed by atoms with Crippen LogP contribution in [0.15, 0.2) is 24.3 Å². The standard InChI is InChI=1S/C14H21NO2S/c1-11-4-2-3-5-12(11)10-18(16,17)14-8-6-13(15)7-9-14/h2-5,13-14H,6-10,15H2,1H3. The predicted octanol–water partition coefficient (Wildman–Crippen LogP) is 2.18. The summed E-state index contributed by atoms with van der Waals surface area (Å²) in [6.45, 7) is 1.96. The summed E-state index contributed by atoms with van der Waals surface area (Å²) >= 11 is 0. The molecule has 0 heterocycles. The molecule has 0 aromatic heterocycles. The zero-order valence-electron chi connectivity index (χ0n) is 10.8. The van der Waals surface area contributed by atoms with Gasteiger partial charge in [0, 0.05) is 6.04 Å². The van der Waals surface area contributed by atoms with Gasteiger partial charge in [-0.1, -0.05) is 24.3 Å². The van der Waals surface area contributed by atoms with E-state index in [2.05, 4.69) is 0 Å². The smallest absolute Gasteiger partial charge is 0.157 e. The number of hydrogen-bond acceptors (Lipinski definition) is 3. The summed E-state index contributed by atoms with van der Waals surface area (Å²) in [5, 5.41) is -0.197. The minimum atomic E-state index is -3.04. The van der Waals surface area contributed by atoms with Crippen molar-refractivity contribution < 1.29 is 8.42 Å². The van der Waals surface area contributed by atoms with Gasteiger partial charge in [-0.05, 0) is 43.7 Å². The first-order valence-electron chi connectivity index (χ1n) is 6.50. The maximum Gasteiger partial charge on any atom is 0.157 e. The Morgan fingerprint density at radius 2 is 1.78 bits per heavy atom. The van der Waals surface area contributed by atoms with E-state index in [4.69, 9.17) is 5.73 Å².